The van der Waals surface area contributed by atoms with Crippen molar-refractivity contribution in [2.24, 2.45) is 0 Å². The third-order valence-corrected chi connectivity index (χ3v) is 6.89. The maximum absolute atomic E-state index is 11.7. The highest BCUT2D eigenvalue weighted by Gasteiger charge is 2.31. The second-order valence-electron chi connectivity index (χ2n) is 8.40. The molecule has 1 aliphatic rings. The van der Waals surface area contributed by atoms with Crippen LogP contribution in [-0.2, 0) is 6.54 Å². The van der Waals surface area contributed by atoms with Gasteiger partial charge in [-0.2, -0.15) is 0 Å². The van der Waals surface area contributed by atoms with Crippen LogP contribution in [0.5, 0.6) is 0 Å². The molecule has 2 nitrogen and oxygen atoms in total. The van der Waals surface area contributed by atoms with E-state index >= 15 is 0 Å². The van der Waals surface area contributed by atoms with E-state index in [0.717, 1.165) is 34.3 Å². The topological polar surface area (TPSA) is 25.2 Å². The highest BCUT2D eigenvalue weighted by Crippen LogP contribution is 2.47. The van der Waals surface area contributed by atoms with Gasteiger partial charge in [-0.15, -0.1) is 11.8 Å². The number of hydrogen-bond acceptors (Lipinski definition) is 2. The van der Waals surface area contributed by atoms with Crippen LogP contribution in [-0.4, -0.2) is 14.4 Å². The Hall–Kier alpha value is -2.75. The third-order valence-electron chi connectivity index (χ3n) is 5.68. The summed E-state index contributed by atoms with van der Waals surface area (Å²) in [5, 5.41) is 12.8. The van der Waals surface area contributed by atoms with E-state index in [2.05, 4.69) is 103 Å². The molecule has 1 aromatic heterocycles. The molecule has 3 aromatic carbocycles. The molecule has 0 amide bonds. The molecule has 0 fully saturated rings. The monoisotopic (exact) mass is 411 g/mol. The van der Waals surface area contributed by atoms with E-state index < -0.39 is 6.10 Å². The largest absolute Gasteiger partial charge is 0.382 e. The summed E-state index contributed by atoms with van der Waals surface area (Å²) in [6.45, 7) is 5.15. The Balaban J connectivity index is 1.66. The summed E-state index contributed by atoms with van der Waals surface area (Å²) in [6, 6.07) is 29.4. The number of thioether (sulfide) groups is 1. The second-order valence-corrected chi connectivity index (χ2v) is 10.1. The van der Waals surface area contributed by atoms with Crippen molar-refractivity contribution in [2.75, 3.05) is 0 Å². The fourth-order valence-electron chi connectivity index (χ4n) is 4.35. The lowest BCUT2D eigenvalue weighted by Gasteiger charge is -2.31. The summed E-state index contributed by atoms with van der Waals surface area (Å²) in [4.78, 5) is 1.23. The Labute approximate surface area is 181 Å². The van der Waals surface area contributed by atoms with Gasteiger partial charge in [-0.1, -0.05) is 72.8 Å². The van der Waals surface area contributed by atoms with Crippen molar-refractivity contribution in [1.29, 1.82) is 0 Å². The fourth-order valence-corrected chi connectivity index (χ4v) is 5.54. The number of para-hydroxylation sites is 1. The first kappa shape index (κ1) is 19.2. The molecule has 1 unspecified atom stereocenters. The summed E-state index contributed by atoms with van der Waals surface area (Å²) in [5.41, 5.74) is 5.43. The molecule has 0 saturated heterocycles. The predicted octanol–water partition coefficient (Wildman–Crippen LogP) is 6.69. The van der Waals surface area contributed by atoms with Crippen molar-refractivity contribution < 1.29 is 5.11 Å². The molecular weight excluding hydrogens is 386 g/mol. The molecule has 1 atom stereocenters. The summed E-state index contributed by atoms with van der Waals surface area (Å²) in [6.07, 6.45) is 1.54. The quantitative estimate of drug-likeness (QED) is 0.405. The zero-order chi connectivity index (χ0) is 20.7. The molecule has 3 heteroatoms. The molecule has 0 spiro atoms. The molecule has 4 aromatic rings. The number of aliphatic hydroxyl groups excluding tert-OH is 1. The van der Waals surface area contributed by atoms with E-state index in [1.807, 2.05) is 17.8 Å². The molecule has 2 heterocycles. The zero-order valence-corrected chi connectivity index (χ0v) is 18.1. The summed E-state index contributed by atoms with van der Waals surface area (Å²) in [5.74, 6) is 0. The number of nitrogens with zero attached hydrogens (tertiary/aromatic N) is 1. The molecule has 150 valence electrons. The van der Waals surface area contributed by atoms with Crippen LogP contribution in [0, 0.1) is 0 Å². The van der Waals surface area contributed by atoms with Crippen molar-refractivity contribution in [3.05, 3.63) is 108 Å². The minimum Gasteiger partial charge on any atom is -0.382 e. The predicted molar refractivity (Wildman–Crippen MR) is 127 cm³/mol. The SMILES string of the molecule is CC1(C)C=C(C(O)c2cc3ccccc3n2Cc2ccccc2)c2ccccc2S1. The molecule has 5 rings (SSSR count). The summed E-state index contributed by atoms with van der Waals surface area (Å²) in [7, 11) is 0. The maximum Gasteiger partial charge on any atom is 0.119 e. The van der Waals surface area contributed by atoms with Crippen molar-refractivity contribution in [3.63, 3.8) is 0 Å². The molecule has 0 bridgehead atoms. The van der Waals surface area contributed by atoms with Crippen LogP contribution in [0.3, 0.4) is 0 Å². The van der Waals surface area contributed by atoms with Gasteiger partial charge in [-0.05, 0) is 54.1 Å². The average molecular weight is 412 g/mol. The minimum atomic E-state index is -0.692. The van der Waals surface area contributed by atoms with Gasteiger partial charge in [-0.25, -0.2) is 0 Å². The lowest BCUT2D eigenvalue weighted by atomic mass is 9.93. The van der Waals surface area contributed by atoms with Crippen LogP contribution in [0.25, 0.3) is 16.5 Å². The molecule has 0 aliphatic carbocycles. The third kappa shape index (κ3) is 3.49. The Kier molecular flexibility index (Phi) is 4.80. The van der Waals surface area contributed by atoms with Crippen LogP contribution in [0.4, 0.5) is 0 Å². The maximum atomic E-state index is 11.7. The number of hydrogen-bond donors (Lipinski definition) is 1. The van der Waals surface area contributed by atoms with E-state index in [1.54, 1.807) is 0 Å². The van der Waals surface area contributed by atoms with Crippen molar-refractivity contribution >= 4 is 28.2 Å². The lowest BCUT2D eigenvalue weighted by Crippen LogP contribution is -2.19. The smallest absolute Gasteiger partial charge is 0.119 e. The number of rotatable bonds is 4. The highest BCUT2D eigenvalue weighted by molar-refractivity contribution is 8.01. The van der Waals surface area contributed by atoms with Crippen molar-refractivity contribution in [1.82, 2.24) is 4.57 Å². The number of aliphatic hydroxyl groups is 1. The van der Waals surface area contributed by atoms with Gasteiger partial charge < -0.3 is 9.67 Å². The first-order chi connectivity index (χ1) is 14.5. The normalized spacial score (nSPS) is 16.2. The van der Waals surface area contributed by atoms with Gasteiger partial charge in [-0.3, -0.25) is 0 Å². The first-order valence-corrected chi connectivity index (χ1v) is 11.1. The van der Waals surface area contributed by atoms with Crippen molar-refractivity contribution in [2.45, 2.75) is 36.1 Å². The zero-order valence-electron chi connectivity index (χ0n) is 17.2. The van der Waals surface area contributed by atoms with Gasteiger partial charge in [0.2, 0.25) is 0 Å². The Morgan fingerprint density at radius 3 is 2.43 bits per heavy atom. The molecule has 30 heavy (non-hydrogen) atoms. The Morgan fingerprint density at radius 2 is 1.60 bits per heavy atom. The summed E-state index contributed by atoms with van der Waals surface area (Å²) < 4.78 is 2.19. The van der Waals surface area contributed by atoms with Crippen LogP contribution in [0.1, 0.15) is 36.8 Å². The number of aromatic nitrogens is 1. The van der Waals surface area contributed by atoms with E-state index in [1.165, 1.54) is 10.5 Å². The van der Waals surface area contributed by atoms with E-state index in [0.29, 0.717) is 0 Å². The standard InChI is InChI=1S/C27H25NOS/c1-27(2)17-22(21-13-7-9-15-25(21)30-27)26(29)24-16-20-12-6-8-14-23(20)28(24)18-19-10-4-3-5-11-19/h3-17,26,29H,18H2,1-2H3. The van der Waals surface area contributed by atoms with E-state index in [-0.39, 0.29) is 4.75 Å². The van der Waals surface area contributed by atoms with Gasteiger partial charge in [0.1, 0.15) is 6.10 Å². The van der Waals surface area contributed by atoms with Crippen LogP contribution in [0.2, 0.25) is 0 Å². The molecule has 0 radical (unpaired) electrons. The van der Waals surface area contributed by atoms with Crippen LogP contribution < -0.4 is 0 Å². The lowest BCUT2D eigenvalue weighted by molar-refractivity contribution is 0.228. The minimum absolute atomic E-state index is 0.0685. The van der Waals surface area contributed by atoms with E-state index in [9.17, 15) is 5.11 Å². The van der Waals surface area contributed by atoms with Crippen molar-refractivity contribution in [3.8, 4) is 0 Å². The molecule has 1 N–H and O–H groups in total. The van der Waals surface area contributed by atoms with Gasteiger partial charge >= 0.3 is 0 Å². The number of benzene rings is 3. The molecule has 0 saturated carbocycles. The highest BCUT2D eigenvalue weighted by atomic mass is 32.2. The Morgan fingerprint density at radius 1 is 0.900 bits per heavy atom. The Bertz CT molecular complexity index is 1240. The first-order valence-electron chi connectivity index (χ1n) is 10.3. The average Bonchev–Trinajstić information content (AvgIpc) is 3.11. The fraction of sp³-hybridized carbons (Fsp3) is 0.185. The molecular formula is C27H25NOS. The number of fused-ring (bicyclic) bond motifs is 2. The van der Waals surface area contributed by atoms with Crippen LogP contribution >= 0.6 is 11.8 Å². The van der Waals surface area contributed by atoms with Gasteiger partial charge in [0.25, 0.3) is 0 Å². The van der Waals surface area contributed by atoms with Gasteiger partial charge in [0.15, 0.2) is 0 Å². The molecule has 1 aliphatic heterocycles. The van der Waals surface area contributed by atoms with Gasteiger partial charge in [0, 0.05) is 21.7 Å². The summed E-state index contributed by atoms with van der Waals surface area (Å²) >= 11 is 1.85. The second kappa shape index (κ2) is 7.50. The van der Waals surface area contributed by atoms with Gasteiger partial charge in [0.05, 0.1) is 5.69 Å². The van der Waals surface area contributed by atoms with Crippen LogP contribution in [0.15, 0.2) is 95.9 Å². The van der Waals surface area contributed by atoms with E-state index in [4.69, 9.17) is 0 Å².